The van der Waals surface area contributed by atoms with Gasteiger partial charge >= 0.3 is 0 Å². The zero-order chi connectivity index (χ0) is 20.1. The minimum absolute atomic E-state index is 0.0214. The van der Waals surface area contributed by atoms with Gasteiger partial charge < -0.3 is 24.4 Å². The Labute approximate surface area is 163 Å². The van der Waals surface area contributed by atoms with Crippen LogP contribution in [-0.4, -0.2) is 85.3 Å². The van der Waals surface area contributed by atoms with E-state index < -0.39 is 6.10 Å². The maximum Gasteiger partial charge on any atom is 0.254 e. The molecular weight excluding hydrogens is 362 g/mol. The summed E-state index contributed by atoms with van der Waals surface area (Å²) in [5.74, 6) is -0.299. The maximum absolute atomic E-state index is 12.9. The minimum Gasteiger partial charge on any atom is -0.395 e. The molecular formula is C20H25N3O5. The lowest BCUT2D eigenvalue weighted by molar-refractivity contribution is -0.143. The van der Waals surface area contributed by atoms with E-state index >= 15 is 0 Å². The van der Waals surface area contributed by atoms with Gasteiger partial charge in [0.2, 0.25) is 5.91 Å². The normalized spacial score (nSPS) is 17.0. The summed E-state index contributed by atoms with van der Waals surface area (Å²) in [4.78, 5) is 32.9. The molecule has 1 N–H and O–H groups in total. The lowest BCUT2D eigenvalue weighted by atomic mass is 10.0. The van der Waals surface area contributed by atoms with Crippen molar-refractivity contribution in [3.63, 3.8) is 0 Å². The van der Waals surface area contributed by atoms with Crippen molar-refractivity contribution in [1.29, 1.82) is 0 Å². The fourth-order valence-corrected chi connectivity index (χ4v) is 3.26. The first-order valence-electron chi connectivity index (χ1n) is 9.19. The third-order valence-electron chi connectivity index (χ3n) is 4.77. The van der Waals surface area contributed by atoms with Gasteiger partial charge in [0.15, 0.2) is 0 Å². The molecule has 0 spiro atoms. The molecule has 0 aliphatic carbocycles. The van der Waals surface area contributed by atoms with E-state index in [9.17, 15) is 9.59 Å². The highest BCUT2D eigenvalue weighted by Crippen LogP contribution is 2.26. The van der Waals surface area contributed by atoms with Gasteiger partial charge in [-0.05, 0) is 12.1 Å². The summed E-state index contributed by atoms with van der Waals surface area (Å²) in [6.07, 6.45) is -0.422. The second-order valence-electron chi connectivity index (χ2n) is 6.69. The molecule has 0 radical (unpaired) electrons. The average molecular weight is 387 g/mol. The van der Waals surface area contributed by atoms with Crippen molar-refractivity contribution in [3.05, 3.63) is 41.6 Å². The Hall–Kier alpha value is -2.55. The maximum atomic E-state index is 12.9. The van der Waals surface area contributed by atoms with Gasteiger partial charge in [-0.3, -0.25) is 9.59 Å². The van der Waals surface area contributed by atoms with Crippen LogP contribution in [0.2, 0.25) is 0 Å². The van der Waals surface area contributed by atoms with Gasteiger partial charge in [0, 0.05) is 32.6 Å². The topological polar surface area (TPSA) is 92.2 Å². The van der Waals surface area contributed by atoms with Crippen molar-refractivity contribution in [1.82, 2.24) is 14.8 Å². The number of hydrogen-bond acceptors (Lipinski definition) is 6. The number of para-hydroxylation sites is 1. The number of ether oxygens (including phenoxy) is 2. The monoisotopic (exact) mass is 387 g/mol. The molecule has 0 bridgehead atoms. The van der Waals surface area contributed by atoms with Crippen molar-refractivity contribution >= 4 is 22.7 Å². The van der Waals surface area contributed by atoms with Crippen molar-refractivity contribution in [2.24, 2.45) is 0 Å². The zero-order valence-corrected chi connectivity index (χ0v) is 16.1. The van der Waals surface area contributed by atoms with Gasteiger partial charge in [0.25, 0.3) is 5.91 Å². The fraction of sp³-hybridized carbons (Fsp3) is 0.450. The van der Waals surface area contributed by atoms with Crippen LogP contribution in [0.4, 0.5) is 0 Å². The van der Waals surface area contributed by atoms with Crippen LogP contribution in [0.3, 0.4) is 0 Å². The molecule has 1 aromatic heterocycles. The summed E-state index contributed by atoms with van der Waals surface area (Å²) in [6.45, 7) is 1.39. The number of morpholine rings is 1. The summed E-state index contributed by atoms with van der Waals surface area (Å²) in [7, 11) is 3.14. The number of carbonyl (C=O) groups excluding carboxylic acids is 2. The van der Waals surface area contributed by atoms with Crippen molar-refractivity contribution in [2.75, 3.05) is 53.6 Å². The molecule has 1 aliphatic heterocycles. The quantitative estimate of drug-likeness (QED) is 0.790. The molecule has 8 heteroatoms. The number of likely N-dealkylation sites (N-methyl/N-ethyl adjacent to an activating group) is 1. The Morgan fingerprint density at radius 1 is 1.39 bits per heavy atom. The Balaban J connectivity index is 1.95. The molecule has 3 rings (SSSR count). The predicted molar refractivity (Wildman–Crippen MR) is 103 cm³/mol. The smallest absolute Gasteiger partial charge is 0.254 e. The lowest BCUT2D eigenvalue weighted by Gasteiger charge is -2.33. The third kappa shape index (κ3) is 4.30. The number of carbonyl (C=O) groups is 2. The number of hydrogen-bond donors (Lipinski definition) is 1. The number of aliphatic hydroxyl groups is 1. The van der Waals surface area contributed by atoms with E-state index in [1.807, 2.05) is 24.3 Å². The van der Waals surface area contributed by atoms with Crippen LogP contribution in [-0.2, 0) is 14.3 Å². The summed E-state index contributed by atoms with van der Waals surface area (Å²) < 4.78 is 10.8. The molecule has 0 unspecified atom stereocenters. The van der Waals surface area contributed by atoms with Crippen molar-refractivity contribution in [3.8, 4) is 0 Å². The van der Waals surface area contributed by atoms with Crippen LogP contribution < -0.4 is 0 Å². The highest BCUT2D eigenvalue weighted by molar-refractivity contribution is 6.06. The minimum atomic E-state index is -0.422. The third-order valence-corrected chi connectivity index (χ3v) is 4.77. The Morgan fingerprint density at radius 2 is 2.18 bits per heavy atom. The number of aliphatic hydroxyl groups excluding tert-OH is 1. The highest BCUT2D eigenvalue weighted by Gasteiger charge is 2.28. The first-order valence-corrected chi connectivity index (χ1v) is 9.19. The van der Waals surface area contributed by atoms with Gasteiger partial charge in [0.1, 0.15) is 12.7 Å². The fourth-order valence-electron chi connectivity index (χ4n) is 3.26. The van der Waals surface area contributed by atoms with E-state index in [2.05, 4.69) is 4.98 Å². The van der Waals surface area contributed by atoms with E-state index in [1.165, 1.54) is 12.0 Å². The number of rotatable bonds is 6. The van der Waals surface area contributed by atoms with Crippen LogP contribution in [0.5, 0.6) is 0 Å². The molecule has 1 saturated heterocycles. The largest absolute Gasteiger partial charge is 0.395 e. The molecule has 28 heavy (non-hydrogen) atoms. The number of nitrogens with zero attached hydrogens (tertiary/aromatic N) is 3. The second-order valence-corrected chi connectivity index (χ2v) is 6.69. The Morgan fingerprint density at radius 3 is 2.93 bits per heavy atom. The molecule has 150 valence electrons. The van der Waals surface area contributed by atoms with Crippen LogP contribution in [0.1, 0.15) is 22.2 Å². The van der Waals surface area contributed by atoms with Crippen LogP contribution >= 0.6 is 0 Å². The number of methoxy groups -OCH3 is 1. The SMILES string of the molecule is COCC(=O)N1CCO[C@H](c2cc(C(=O)N(C)CCO)c3ccccc3n2)C1. The number of fused-ring (bicyclic) bond motifs is 1. The molecule has 1 aliphatic rings. The van der Waals surface area contributed by atoms with E-state index in [1.54, 1.807) is 18.0 Å². The molecule has 8 nitrogen and oxygen atoms in total. The molecule has 1 fully saturated rings. The average Bonchev–Trinajstić information content (AvgIpc) is 2.73. The molecule has 1 atom stereocenters. The van der Waals surface area contributed by atoms with Gasteiger partial charge in [-0.2, -0.15) is 0 Å². The van der Waals surface area contributed by atoms with Gasteiger partial charge in [-0.1, -0.05) is 18.2 Å². The number of pyridine rings is 1. The zero-order valence-electron chi connectivity index (χ0n) is 16.1. The van der Waals surface area contributed by atoms with Crippen LogP contribution in [0.15, 0.2) is 30.3 Å². The molecule has 2 aromatic rings. The predicted octanol–water partition coefficient (Wildman–Crippen LogP) is 0.845. The standard InChI is InChI=1S/C20H25N3O5/c1-22(7-9-24)20(26)15-11-17(21-16-6-4-3-5-14(15)16)18-12-23(8-10-28-18)19(25)13-27-2/h3-6,11,18,24H,7-10,12-13H2,1-2H3/t18-/m0/s1. The highest BCUT2D eigenvalue weighted by atomic mass is 16.5. The summed E-state index contributed by atoms with van der Waals surface area (Å²) in [6, 6.07) is 9.14. The number of amides is 2. The molecule has 0 saturated carbocycles. The van der Waals surface area contributed by atoms with E-state index in [4.69, 9.17) is 14.6 Å². The number of benzene rings is 1. The van der Waals surface area contributed by atoms with Gasteiger partial charge in [-0.15, -0.1) is 0 Å². The first kappa shape index (κ1) is 20.2. The second kappa shape index (κ2) is 9.09. The summed E-state index contributed by atoms with van der Waals surface area (Å²) in [5.41, 5.74) is 1.79. The van der Waals surface area contributed by atoms with E-state index in [0.717, 1.165) is 5.39 Å². The van der Waals surface area contributed by atoms with E-state index in [0.29, 0.717) is 36.5 Å². The first-order chi connectivity index (χ1) is 13.5. The van der Waals surface area contributed by atoms with Crippen molar-refractivity contribution in [2.45, 2.75) is 6.10 Å². The number of aromatic nitrogens is 1. The van der Waals surface area contributed by atoms with Crippen LogP contribution in [0, 0.1) is 0 Å². The summed E-state index contributed by atoms with van der Waals surface area (Å²) in [5, 5.41) is 9.90. The molecule has 2 heterocycles. The Bertz CT molecular complexity index is 857. The van der Waals surface area contributed by atoms with Gasteiger partial charge in [0.05, 0.1) is 36.5 Å². The van der Waals surface area contributed by atoms with Crippen molar-refractivity contribution < 1.29 is 24.2 Å². The molecule has 2 amide bonds. The van der Waals surface area contributed by atoms with Crippen LogP contribution in [0.25, 0.3) is 10.9 Å². The van der Waals surface area contributed by atoms with E-state index in [-0.39, 0.29) is 31.6 Å². The molecule has 1 aromatic carbocycles. The lowest BCUT2D eigenvalue weighted by Crippen LogP contribution is -2.44. The van der Waals surface area contributed by atoms with Gasteiger partial charge in [-0.25, -0.2) is 4.98 Å². The Kier molecular flexibility index (Phi) is 6.56. The summed E-state index contributed by atoms with van der Waals surface area (Å²) >= 11 is 0.